The maximum atomic E-state index is 14.2. The van der Waals surface area contributed by atoms with Crippen LogP contribution in [0.5, 0.6) is 0 Å². The smallest absolute Gasteiger partial charge is 0.260 e. The molecule has 2 heterocycles. The molecule has 0 atom stereocenters. The van der Waals surface area contributed by atoms with E-state index in [9.17, 15) is 9.18 Å². The van der Waals surface area contributed by atoms with Crippen molar-refractivity contribution in [3.8, 4) is 11.1 Å². The number of nitrogens with zero attached hydrogens (tertiary/aromatic N) is 3. The van der Waals surface area contributed by atoms with Gasteiger partial charge in [0.05, 0.1) is 11.1 Å². The lowest BCUT2D eigenvalue weighted by Gasteiger charge is -2.10. The van der Waals surface area contributed by atoms with Crippen LogP contribution in [0.1, 0.15) is 10.4 Å². The molecule has 0 radical (unpaired) electrons. The van der Waals surface area contributed by atoms with Gasteiger partial charge in [-0.1, -0.05) is 24.3 Å². The molecule has 0 spiro atoms. The highest BCUT2D eigenvalue weighted by molar-refractivity contribution is 6.12. The van der Waals surface area contributed by atoms with E-state index in [0.29, 0.717) is 33.7 Å². The fourth-order valence-corrected chi connectivity index (χ4v) is 2.65. The number of hydrogen-bond donors (Lipinski definition) is 2. The zero-order chi connectivity index (χ0) is 17.2. The summed E-state index contributed by atoms with van der Waals surface area (Å²) in [5, 5.41) is 2.65. The number of nitrogens with one attached hydrogen (secondary N) is 2. The number of imidazole rings is 1. The Bertz CT molecular complexity index is 1060. The summed E-state index contributed by atoms with van der Waals surface area (Å²) in [6.45, 7) is 0. The summed E-state index contributed by atoms with van der Waals surface area (Å²) in [6.07, 6.45) is 6.15. The first kappa shape index (κ1) is 14.9. The van der Waals surface area contributed by atoms with Crippen LogP contribution >= 0.6 is 0 Å². The Balaban J connectivity index is 1.85. The lowest BCUT2D eigenvalue weighted by molar-refractivity contribution is 0.102. The third kappa shape index (κ3) is 2.72. The molecule has 2 aromatic heterocycles. The van der Waals surface area contributed by atoms with Gasteiger partial charge in [-0.2, -0.15) is 0 Å². The summed E-state index contributed by atoms with van der Waals surface area (Å²) in [5.41, 5.74) is 2.17. The van der Waals surface area contributed by atoms with Crippen molar-refractivity contribution in [3.05, 3.63) is 72.6 Å². The SMILES string of the molecule is O=C(Nc1ncc[nH]1)c1ccc(-c2ccccc2F)c2nccnc12. The molecule has 25 heavy (non-hydrogen) atoms. The first-order valence-corrected chi connectivity index (χ1v) is 7.53. The topological polar surface area (TPSA) is 83.6 Å². The van der Waals surface area contributed by atoms with E-state index in [2.05, 4.69) is 25.3 Å². The summed E-state index contributed by atoms with van der Waals surface area (Å²) < 4.78 is 14.2. The third-order valence-electron chi connectivity index (χ3n) is 3.76. The number of halogens is 1. The van der Waals surface area contributed by atoms with Gasteiger partial charge >= 0.3 is 0 Å². The van der Waals surface area contributed by atoms with Crippen molar-refractivity contribution in [1.82, 2.24) is 19.9 Å². The number of aromatic amines is 1. The van der Waals surface area contributed by atoms with Crippen LogP contribution in [-0.4, -0.2) is 25.8 Å². The average molecular weight is 333 g/mol. The van der Waals surface area contributed by atoms with E-state index >= 15 is 0 Å². The molecule has 6 nitrogen and oxygen atoms in total. The molecule has 122 valence electrons. The van der Waals surface area contributed by atoms with E-state index in [4.69, 9.17) is 0 Å². The Hall–Kier alpha value is -3.61. The molecule has 4 rings (SSSR count). The molecule has 0 aliphatic rings. The first-order chi connectivity index (χ1) is 12.2. The molecule has 2 aromatic carbocycles. The van der Waals surface area contributed by atoms with Crippen molar-refractivity contribution in [3.63, 3.8) is 0 Å². The second-order valence-corrected chi connectivity index (χ2v) is 5.29. The van der Waals surface area contributed by atoms with E-state index in [1.807, 2.05) is 0 Å². The van der Waals surface area contributed by atoms with Crippen LogP contribution < -0.4 is 5.32 Å². The number of amides is 1. The number of aromatic nitrogens is 4. The quantitative estimate of drug-likeness (QED) is 0.602. The summed E-state index contributed by atoms with van der Waals surface area (Å²) in [4.78, 5) is 27.9. The fraction of sp³-hybridized carbons (Fsp3) is 0. The van der Waals surface area contributed by atoms with Crippen LogP contribution in [0.25, 0.3) is 22.2 Å². The maximum Gasteiger partial charge on any atom is 0.260 e. The lowest BCUT2D eigenvalue weighted by atomic mass is 10.0. The molecule has 0 aliphatic heterocycles. The van der Waals surface area contributed by atoms with Crippen LogP contribution in [0.3, 0.4) is 0 Å². The van der Waals surface area contributed by atoms with Gasteiger partial charge < -0.3 is 4.98 Å². The summed E-state index contributed by atoms with van der Waals surface area (Å²) in [5.74, 6) is -0.400. The molecule has 0 unspecified atom stereocenters. The minimum absolute atomic E-state index is 0.333. The highest BCUT2D eigenvalue weighted by Crippen LogP contribution is 2.30. The van der Waals surface area contributed by atoms with Crippen molar-refractivity contribution in [2.75, 3.05) is 5.32 Å². The van der Waals surface area contributed by atoms with Crippen molar-refractivity contribution in [2.24, 2.45) is 0 Å². The van der Waals surface area contributed by atoms with E-state index in [1.165, 1.54) is 24.7 Å². The number of hydrogen-bond acceptors (Lipinski definition) is 4. The number of H-pyrrole nitrogens is 1. The molecule has 0 bridgehead atoms. The molecular weight excluding hydrogens is 321 g/mol. The molecule has 2 N–H and O–H groups in total. The zero-order valence-electron chi connectivity index (χ0n) is 12.9. The van der Waals surface area contributed by atoms with E-state index < -0.39 is 0 Å². The number of rotatable bonds is 3. The van der Waals surface area contributed by atoms with Gasteiger partial charge in [0.2, 0.25) is 5.95 Å². The van der Waals surface area contributed by atoms with Gasteiger partial charge in [-0.25, -0.2) is 9.37 Å². The molecular formula is C18H12FN5O. The van der Waals surface area contributed by atoms with Crippen LogP contribution in [0.4, 0.5) is 10.3 Å². The second kappa shape index (κ2) is 6.12. The number of benzene rings is 2. The average Bonchev–Trinajstić information content (AvgIpc) is 3.14. The predicted molar refractivity (Wildman–Crippen MR) is 91.5 cm³/mol. The van der Waals surface area contributed by atoms with E-state index in [-0.39, 0.29) is 11.7 Å². The third-order valence-corrected chi connectivity index (χ3v) is 3.76. The standard InChI is InChI=1S/C18H12FN5O/c19-14-4-2-1-3-11(14)12-5-6-13(16-15(12)20-7-8-21-16)17(25)24-18-22-9-10-23-18/h1-10H,(H2,22,23,24,25). The van der Waals surface area contributed by atoms with Gasteiger partial charge in [-0.15, -0.1) is 0 Å². The number of carbonyl (C=O) groups is 1. The predicted octanol–water partition coefficient (Wildman–Crippen LogP) is 3.41. The van der Waals surface area contributed by atoms with Crippen LogP contribution in [0.2, 0.25) is 0 Å². The van der Waals surface area contributed by atoms with Crippen LogP contribution in [0.15, 0.2) is 61.2 Å². The monoisotopic (exact) mass is 333 g/mol. The maximum absolute atomic E-state index is 14.2. The van der Waals surface area contributed by atoms with Gasteiger partial charge in [0.15, 0.2) is 0 Å². The molecule has 1 amide bonds. The minimum Gasteiger partial charge on any atom is -0.331 e. The highest BCUT2D eigenvalue weighted by atomic mass is 19.1. The Morgan fingerprint density at radius 1 is 0.920 bits per heavy atom. The molecule has 4 aromatic rings. The Morgan fingerprint density at radius 2 is 1.72 bits per heavy atom. The Kier molecular flexibility index (Phi) is 3.66. The number of anilines is 1. The van der Waals surface area contributed by atoms with Gasteiger partial charge in [0.25, 0.3) is 5.91 Å². The largest absolute Gasteiger partial charge is 0.331 e. The Labute approximate surface area is 141 Å². The summed E-state index contributed by atoms with van der Waals surface area (Å²) in [6, 6.07) is 9.70. The molecule has 0 fully saturated rings. The molecule has 0 saturated carbocycles. The van der Waals surface area contributed by atoms with E-state index in [0.717, 1.165) is 0 Å². The van der Waals surface area contributed by atoms with Gasteiger partial charge in [-0.05, 0) is 12.1 Å². The first-order valence-electron chi connectivity index (χ1n) is 7.53. The van der Waals surface area contributed by atoms with Gasteiger partial charge in [0.1, 0.15) is 11.3 Å². The Morgan fingerprint density at radius 3 is 2.48 bits per heavy atom. The normalized spacial score (nSPS) is 10.8. The minimum atomic E-state index is -0.375. The fourth-order valence-electron chi connectivity index (χ4n) is 2.65. The van der Waals surface area contributed by atoms with Gasteiger partial charge in [-0.3, -0.25) is 20.1 Å². The van der Waals surface area contributed by atoms with Gasteiger partial charge in [0, 0.05) is 35.9 Å². The molecule has 0 saturated heterocycles. The van der Waals surface area contributed by atoms with Crippen LogP contribution in [0, 0.1) is 5.82 Å². The molecule has 7 heteroatoms. The number of fused-ring (bicyclic) bond motifs is 1. The zero-order valence-corrected chi connectivity index (χ0v) is 12.9. The summed E-state index contributed by atoms with van der Waals surface area (Å²) >= 11 is 0. The van der Waals surface area contributed by atoms with Crippen molar-refractivity contribution in [2.45, 2.75) is 0 Å². The van der Waals surface area contributed by atoms with Crippen molar-refractivity contribution >= 4 is 22.9 Å². The van der Waals surface area contributed by atoms with Crippen LogP contribution in [-0.2, 0) is 0 Å². The van der Waals surface area contributed by atoms with Crippen molar-refractivity contribution in [1.29, 1.82) is 0 Å². The summed E-state index contributed by atoms with van der Waals surface area (Å²) in [7, 11) is 0. The highest BCUT2D eigenvalue weighted by Gasteiger charge is 2.17. The van der Waals surface area contributed by atoms with Crippen molar-refractivity contribution < 1.29 is 9.18 Å². The second-order valence-electron chi connectivity index (χ2n) is 5.29. The lowest BCUT2D eigenvalue weighted by Crippen LogP contribution is -2.14. The van der Waals surface area contributed by atoms with E-state index in [1.54, 1.807) is 36.5 Å². The number of carbonyl (C=O) groups excluding carboxylic acids is 1. The molecule has 0 aliphatic carbocycles.